The number of allylic oxidation sites excluding steroid dienone is 3. The molecule has 0 fully saturated rings. The van der Waals surface area contributed by atoms with Gasteiger partial charge in [0.1, 0.15) is 11.9 Å². The Bertz CT molecular complexity index is 1190. The van der Waals surface area contributed by atoms with Gasteiger partial charge in [0.25, 0.3) is 5.91 Å². The molecule has 0 saturated carbocycles. The van der Waals surface area contributed by atoms with Crippen molar-refractivity contribution in [3.63, 3.8) is 0 Å². The summed E-state index contributed by atoms with van der Waals surface area (Å²) in [6.45, 7) is 0. The zero-order valence-corrected chi connectivity index (χ0v) is 17.7. The highest BCUT2D eigenvalue weighted by atomic mass is 35.5. The molecule has 2 atom stereocenters. The quantitative estimate of drug-likeness (QED) is 0.554. The molecule has 1 aromatic heterocycles. The predicted octanol–water partition coefficient (Wildman–Crippen LogP) is 5.37. The number of benzene rings is 1. The van der Waals surface area contributed by atoms with Gasteiger partial charge in [0, 0.05) is 23.0 Å². The number of hydrogen-bond donors (Lipinski definition) is 2. The molecule has 1 aromatic carbocycles. The van der Waals surface area contributed by atoms with Crippen LogP contribution in [-0.2, 0) is 11.0 Å². The van der Waals surface area contributed by atoms with Crippen molar-refractivity contribution in [1.82, 2.24) is 20.5 Å². The zero-order chi connectivity index (χ0) is 24.7. The molecule has 12 heteroatoms. The summed E-state index contributed by atoms with van der Waals surface area (Å²) in [5, 5.41) is 4.52. The number of hydrogen-bond acceptors (Lipinski definition) is 4. The molecule has 0 saturated heterocycles. The highest BCUT2D eigenvalue weighted by Crippen LogP contribution is 2.40. The maximum Gasteiger partial charge on any atom is 0.416 e. The first kappa shape index (κ1) is 23.7. The lowest BCUT2D eigenvalue weighted by Crippen LogP contribution is -2.41. The molecular weight excluding hydrogens is 486 g/mol. The summed E-state index contributed by atoms with van der Waals surface area (Å²) in [5.41, 5.74) is -1.13. The van der Waals surface area contributed by atoms with Crippen molar-refractivity contribution in [2.75, 3.05) is 0 Å². The van der Waals surface area contributed by atoms with Crippen LogP contribution in [0.2, 0.25) is 5.02 Å². The van der Waals surface area contributed by atoms with Crippen LogP contribution >= 0.6 is 11.6 Å². The molecule has 0 aliphatic carbocycles. The third-order valence-corrected chi connectivity index (χ3v) is 5.47. The second-order valence-corrected chi connectivity index (χ2v) is 7.76. The standard InChI is InChI=1S/C22H15ClF6N4O/c23-14-11-12(21(24,25)26)7-8-13(14)19-31-17(16-6-2-4-10-33(16)19)20(34)32-18(22(27,28)29)15-5-1-3-9-30-15/h1-11,18-19,31H,(H,32,34). The second kappa shape index (κ2) is 8.71. The highest BCUT2D eigenvalue weighted by Gasteiger charge is 2.44. The van der Waals surface area contributed by atoms with E-state index >= 15 is 0 Å². The molecular formula is C22H15ClF6N4O. The SMILES string of the molecule is O=C(NC(c1ccccn1)C(F)(F)F)C1=C2C=CC=CN2C(c2ccc(C(F)(F)F)cc2Cl)N1. The summed E-state index contributed by atoms with van der Waals surface area (Å²) in [6.07, 6.45) is -3.00. The van der Waals surface area contributed by atoms with Gasteiger partial charge in [-0.3, -0.25) is 9.78 Å². The zero-order valence-electron chi connectivity index (χ0n) is 17.0. The fraction of sp³-hybridized carbons (Fsp3) is 0.182. The number of fused-ring (bicyclic) bond motifs is 1. The van der Waals surface area contributed by atoms with E-state index in [1.807, 2.05) is 5.32 Å². The third-order valence-electron chi connectivity index (χ3n) is 5.14. The van der Waals surface area contributed by atoms with Gasteiger partial charge in [-0.15, -0.1) is 0 Å². The summed E-state index contributed by atoms with van der Waals surface area (Å²) in [6, 6.07) is 4.31. The summed E-state index contributed by atoms with van der Waals surface area (Å²) in [4.78, 5) is 18.1. The molecule has 1 amide bonds. The predicted molar refractivity (Wildman–Crippen MR) is 111 cm³/mol. The van der Waals surface area contributed by atoms with Crippen LogP contribution in [-0.4, -0.2) is 22.0 Å². The Kier molecular flexibility index (Phi) is 6.07. The molecule has 5 nitrogen and oxygen atoms in total. The van der Waals surface area contributed by atoms with Crippen molar-refractivity contribution in [2.24, 2.45) is 0 Å². The number of carbonyl (C=O) groups excluding carboxylic acids is 1. The van der Waals surface area contributed by atoms with Crippen molar-refractivity contribution in [3.05, 3.63) is 100 Å². The number of carbonyl (C=O) groups is 1. The van der Waals surface area contributed by atoms with E-state index in [4.69, 9.17) is 11.6 Å². The van der Waals surface area contributed by atoms with Crippen molar-refractivity contribution in [1.29, 1.82) is 0 Å². The lowest BCUT2D eigenvalue weighted by molar-refractivity contribution is -0.163. The van der Waals surface area contributed by atoms with E-state index in [0.717, 1.165) is 24.3 Å². The number of alkyl halides is 6. The van der Waals surface area contributed by atoms with E-state index in [1.165, 1.54) is 35.5 Å². The minimum absolute atomic E-state index is 0.201. The van der Waals surface area contributed by atoms with Crippen molar-refractivity contribution in [2.45, 2.75) is 24.6 Å². The number of aromatic nitrogens is 1. The average molecular weight is 501 g/mol. The Morgan fingerprint density at radius 2 is 1.88 bits per heavy atom. The maximum absolute atomic E-state index is 13.7. The Hall–Kier alpha value is -3.47. The Balaban J connectivity index is 1.65. The number of rotatable bonds is 4. The van der Waals surface area contributed by atoms with Crippen LogP contribution in [0.25, 0.3) is 0 Å². The van der Waals surface area contributed by atoms with Gasteiger partial charge in [-0.1, -0.05) is 29.8 Å². The molecule has 178 valence electrons. The minimum Gasteiger partial charge on any atom is -0.355 e. The van der Waals surface area contributed by atoms with Crippen LogP contribution in [0.3, 0.4) is 0 Å². The summed E-state index contributed by atoms with van der Waals surface area (Å²) >= 11 is 6.11. The molecule has 2 aliphatic heterocycles. The van der Waals surface area contributed by atoms with Crippen LogP contribution in [0.1, 0.15) is 29.0 Å². The number of halogens is 7. The molecule has 2 aromatic rings. The van der Waals surface area contributed by atoms with Gasteiger partial charge in [0.05, 0.1) is 17.0 Å². The van der Waals surface area contributed by atoms with Gasteiger partial charge in [-0.25, -0.2) is 0 Å². The number of amides is 1. The van der Waals surface area contributed by atoms with Crippen LogP contribution in [0.15, 0.2) is 78.4 Å². The largest absolute Gasteiger partial charge is 0.416 e. The van der Waals surface area contributed by atoms with Crippen LogP contribution < -0.4 is 10.6 Å². The summed E-state index contributed by atoms with van der Waals surface area (Å²) in [7, 11) is 0. The molecule has 3 heterocycles. The maximum atomic E-state index is 13.7. The van der Waals surface area contributed by atoms with Gasteiger partial charge in [0.2, 0.25) is 0 Å². The van der Waals surface area contributed by atoms with Gasteiger partial charge in [-0.2, -0.15) is 26.3 Å². The van der Waals surface area contributed by atoms with Crippen molar-refractivity contribution in [3.8, 4) is 0 Å². The van der Waals surface area contributed by atoms with Crippen LogP contribution in [0.4, 0.5) is 26.3 Å². The normalized spacial score (nSPS) is 18.6. The van der Waals surface area contributed by atoms with E-state index in [0.29, 0.717) is 0 Å². The Labute approximate surface area is 194 Å². The molecule has 2 N–H and O–H groups in total. The second-order valence-electron chi connectivity index (χ2n) is 7.35. The first-order valence-electron chi connectivity index (χ1n) is 9.76. The number of nitrogens with one attached hydrogen (secondary N) is 2. The fourth-order valence-corrected chi connectivity index (χ4v) is 3.87. The van der Waals surface area contributed by atoms with E-state index < -0.39 is 41.7 Å². The molecule has 4 rings (SSSR count). The number of pyridine rings is 1. The topological polar surface area (TPSA) is 57.3 Å². The van der Waals surface area contributed by atoms with E-state index in [9.17, 15) is 31.1 Å². The third kappa shape index (κ3) is 4.60. The Morgan fingerprint density at radius 3 is 2.50 bits per heavy atom. The van der Waals surface area contributed by atoms with Crippen LogP contribution in [0, 0.1) is 0 Å². The summed E-state index contributed by atoms with van der Waals surface area (Å²) in [5.74, 6) is -1.07. The molecule has 0 bridgehead atoms. The number of nitrogens with zero attached hydrogens (tertiary/aromatic N) is 2. The molecule has 2 aliphatic rings. The van der Waals surface area contributed by atoms with Crippen LogP contribution in [0.5, 0.6) is 0 Å². The average Bonchev–Trinajstić information content (AvgIpc) is 3.16. The Morgan fingerprint density at radius 1 is 1.12 bits per heavy atom. The summed E-state index contributed by atoms with van der Waals surface area (Å²) < 4.78 is 80.1. The molecule has 2 unspecified atom stereocenters. The smallest absolute Gasteiger partial charge is 0.355 e. The van der Waals surface area contributed by atoms with E-state index in [-0.39, 0.29) is 22.0 Å². The molecule has 34 heavy (non-hydrogen) atoms. The monoisotopic (exact) mass is 500 g/mol. The minimum atomic E-state index is -4.83. The van der Waals surface area contributed by atoms with Gasteiger partial charge in [0.15, 0.2) is 6.04 Å². The van der Waals surface area contributed by atoms with Crippen molar-refractivity contribution < 1.29 is 31.1 Å². The molecule has 0 radical (unpaired) electrons. The van der Waals surface area contributed by atoms with Gasteiger partial charge >= 0.3 is 12.4 Å². The van der Waals surface area contributed by atoms with E-state index in [2.05, 4.69) is 10.3 Å². The fourth-order valence-electron chi connectivity index (χ4n) is 3.58. The van der Waals surface area contributed by atoms with Gasteiger partial charge in [-0.05, 0) is 36.4 Å². The lowest BCUT2D eigenvalue weighted by Gasteiger charge is -2.27. The van der Waals surface area contributed by atoms with E-state index in [1.54, 1.807) is 12.2 Å². The highest BCUT2D eigenvalue weighted by molar-refractivity contribution is 6.31. The molecule has 0 spiro atoms. The lowest BCUT2D eigenvalue weighted by atomic mass is 10.1. The first-order valence-corrected chi connectivity index (χ1v) is 10.1. The van der Waals surface area contributed by atoms with Crippen molar-refractivity contribution >= 4 is 17.5 Å². The van der Waals surface area contributed by atoms with Gasteiger partial charge < -0.3 is 15.5 Å². The first-order chi connectivity index (χ1) is 16.0.